The molecule has 0 atom stereocenters. The average Bonchev–Trinajstić information content (AvgIpc) is 2.60. The van der Waals surface area contributed by atoms with Gasteiger partial charge in [-0.15, -0.1) is 0 Å². The number of nitrogens with zero attached hydrogens (tertiary/aromatic N) is 1. The molecule has 140 valence electrons. The quantitative estimate of drug-likeness (QED) is 0.204. The predicted octanol–water partition coefficient (Wildman–Crippen LogP) is -0.874. The highest BCUT2D eigenvalue weighted by atomic mass is 16.6. The molecule has 0 unspecified atom stereocenters. The molecule has 24 heavy (non-hydrogen) atoms. The summed E-state index contributed by atoms with van der Waals surface area (Å²) in [7, 11) is 4.95. The van der Waals surface area contributed by atoms with Gasteiger partial charge >= 0.3 is 5.97 Å². The Kier molecular flexibility index (Phi) is 15.9. The van der Waals surface area contributed by atoms with Gasteiger partial charge in [0.2, 0.25) is 5.91 Å². The number of hydrogen-bond donors (Lipinski definition) is 0. The molecule has 0 aliphatic heterocycles. The smallest absolute Gasteiger partial charge is 0.307 e. The van der Waals surface area contributed by atoms with Crippen LogP contribution in [0.2, 0.25) is 6.32 Å². The average molecular weight is 347 g/mol. The predicted molar refractivity (Wildman–Crippen MR) is 90.9 cm³/mol. The normalized spacial score (nSPS) is 10.6. The van der Waals surface area contributed by atoms with Crippen molar-refractivity contribution in [3.05, 3.63) is 0 Å². The monoisotopic (exact) mass is 347 g/mol. The fraction of sp³-hybridized carbons (Fsp3) is 0.867. The molecule has 0 aromatic carbocycles. The second-order valence-corrected chi connectivity index (χ2v) is 4.94. The fourth-order valence-corrected chi connectivity index (χ4v) is 1.62. The molecule has 0 aromatic rings. The Balaban J connectivity index is 3.15. The van der Waals surface area contributed by atoms with Crippen LogP contribution in [0.5, 0.6) is 0 Å². The van der Waals surface area contributed by atoms with Crippen molar-refractivity contribution in [2.75, 3.05) is 73.6 Å². The van der Waals surface area contributed by atoms with Crippen molar-refractivity contribution in [1.82, 2.24) is 4.90 Å². The van der Waals surface area contributed by atoms with Crippen LogP contribution in [0.3, 0.4) is 0 Å². The summed E-state index contributed by atoms with van der Waals surface area (Å²) in [5.41, 5.74) is 0. The molecule has 0 fully saturated rings. The highest BCUT2D eigenvalue weighted by Crippen LogP contribution is 1.89. The Bertz CT molecular complexity index is 331. The van der Waals surface area contributed by atoms with Crippen molar-refractivity contribution in [3.63, 3.8) is 0 Å². The molecule has 1 amide bonds. The van der Waals surface area contributed by atoms with Crippen molar-refractivity contribution >= 4 is 19.7 Å². The van der Waals surface area contributed by atoms with E-state index in [0.29, 0.717) is 65.7 Å². The first-order chi connectivity index (χ1) is 11.6. The number of carbonyl (C=O) groups excluding carboxylic acids is 2. The zero-order chi connectivity index (χ0) is 18.0. The van der Waals surface area contributed by atoms with Gasteiger partial charge in [0, 0.05) is 13.6 Å². The maximum atomic E-state index is 11.3. The maximum absolute atomic E-state index is 11.3. The van der Waals surface area contributed by atoms with Crippen molar-refractivity contribution in [2.24, 2.45) is 0 Å². The van der Waals surface area contributed by atoms with Crippen LogP contribution in [0.1, 0.15) is 6.42 Å². The fourth-order valence-electron chi connectivity index (χ4n) is 1.62. The van der Waals surface area contributed by atoms with Crippen LogP contribution in [0, 0.1) is 0 Å². The number of hydrogen-bond acceptors (Lipinski definition) is 7. The van der Waals surface area contributed by atoms with E-state index in [4.69, 9.17) is 18.9 Å². The summed E-state index contributed by atoms with van der Waals surface area (Å²) in [4.78, 5) is 23.8. The van der Waals surface area contributed by atoms with Gasteiger partial charge in [-0.05, 0) is 6.32 Å². The molecule has 9 heteroatoms. The minimum Gasteiger partial charge on any atom is -0.469 e. The Labute approximate surface area is 145 Å². The molecule has 0 heterocycles. The maximum Gasteiger partial charge on any atom is 0.307 e. The summed E-state index contributed by atoms with van der Waals surface area (Å²) in [6.45, 7) is 4.27. The van der Waals surface area contributed by atoms with E-state index in [1.54, 1.807) is 11.9 Å². The second kappa shape index (κ2) is 16.7. The van der Waals surface area contributed by atoms with Gasteiger partial charge in [-0.25, -0.2) is 0 Å². The summed E-state index contributed by atoms with van der Waals surface area (Å²) in [6, 6.07) is 0. The van der Waals surface area contributed by atoms with Crippen LogP contribution >= 0.6 is 0 Å². The molecule has 0 saturated heterocycles. The molecule has 0 N–H and O–H groups in total. The van der Waals surface area contributed by atoms with E-state index in [1.165, 1.54) is 7.11 Å². The topological polar surface area (TPSA) is 83.5 Å². The molecule has 0 aromatic heterocycles. The van der Waals surface area contributed by atoms with Crippen LogP contribution in [0.25, 0.3) is 0 Å². The van der Waals surface area contributed by atoms with Crippen LogP contribution < -0.4 is 0 Å². The lowest BCUT2D eigenvalue weighted by atomic mass is 10.0. The van der Waals surface area contributed by atoms with E-state index in [-0.39, 0.29) is 18.3 Å². The van der Waals surface area contributed by atoms with E-state index >= 15 is 0 Å². The van der Waals surface area contributed by atoms with Gasteiger partial charge in [0.15, 0.2) is 0 Å². The number of likely N-dealkylation sites (N-methyl/N-ethyl adjacent to an activating group) is 1. The van der Waals surface area contributed by atoms with E-state index < -0.39 is 0 Å². The van der Waals surface area contributed by atoms with Crippen LogP contribution in [0.15, 0.2) is 0 Å². The molecular weight excluding hydrogens is 317 g/mol. The highest BCUT2D eigenvalue weighted by Gasteiger charge is 2.04. The van der Waals surface area contributed by atoms with Gasteiger partial charge in [0.1, 0.15) is 7.85 Å². The third kappa shape index (κ3) is 14.4. The van der Waals surface area contributed by atoms with Crippen molar-refractivity contribution in [3.8, 4) is 0 Å². The third-order valence-corrected chi connectivity index (χ3v) is 3.09. The van der Waals surface area contributed by atoms with E-state index in [9.17, 15) is 9.59 Å². The first-order valence-electron chi connectivity index (χ1n) is 8.23. The van der Waals surface area contributed by atoms with Crippen LogP contribution in [0.4, 0.5) is 0 Å². The van der Waals surface area contributed by atoms with E-state index in [0.717, 1.165) is 0 Å². The van der Waals surface area contributed by atoms with Gasteiger partial charge in [-0.2, -0.15) is 0 Å². The molecule has 0 rings (SSSR count). The number of ether oxygens (including phenoxy) is 5. The summed E-state index contributed by atoms with van der Waals surface area (Å²) in [6.07, 6.45) is 0.762. The summed E-state index contributed by atoms with van der Waals surface area (Å²) in [5.74, 6) is -0.170. The van der Waals surface area contributed by atoms with Crippen LogP contribution in [-0.4, -0.2) is 98.2 Å². The summed E-state index contributed by atoms with van der Waals surface area (Å²) in [5, 5.41) is 0. The SMILES string of the molecule is BCC(=O)N(C)CCOCCOCCOCCOCCC(=O)OC. The molecule has 8 nitrogen and oxygen atoms in total. The molecule has 0 radical (unpaired) electrons. The zero-order valence-corrected chi connectivity index (χ0v) is 15.1. The van der Waals surface area contributed by atoms with E-state index in [1.807, 2.05) is 7.85 Å². The number of rotatable bonds is 16. The van der Waals surface area contributed by atoms with Crippen molar-refractivity contribution in [1.29, 1.82) is 0 Å². The minimum absolute atomic E-state index is 0.112. The Hall–Kier alpha value is -1.16. The summed E-state index contributed by atoms with van der Waals surface area (Å²) < 4.78 is 25.7. The standard InChI is InChI=1S/C15H30BNO7/c1-17(14(18)13-16)4-6-22-8-10-24-12-11-23-9-7-21-5-3-15(19)20-2/h3-13,16H2,1-2H3. The van der Waals surface area contributed by atoms with Crippen molar-refractivity contribution < 1.29 is 33.3 Å². The summed E-state index contributed by atoms with van der Waals surface area (Å²) >= 11 is 0. The lowest BCUT2D eigenvalue weighted by Crippen LogP contribution is -2.29. The first-order valence-corrected chi connectivity index (χ1v) is 8.23. The van der Waals surface area contributed by atoms with Crippen LogP contribution in [-0.2, 0) is 33.3 Å². The molecule has 0 aliphatic carbocycles. The largest absolute Gasteiger partial charge is 0.469 e. The zero-order valence-electron chi connectivity index (χ0n) is 15.1. The number of esters is 1. The van der Waals surface area contributed by atoms with E-state index in [2.05, 4.69) is 4.74 Å². The second-order valence-electron chi connectivity index (χ2n) is 4.94. The third-order valence-electron chi connectivity index (χ3n) is 3.09. The first kappa shape index (κ1) is 22.8. The Morgan fingerprint density at radius 1 is 0.833 bits per heavy atom. The molecular formula is C15H30BNO7. The molecule has 0 saturated carbocycles. The highest BCUT2D eigenvalue weighted by molar-refractivity contribution is 6.19. The lowest BCUT2D eigenvalue weighted by molar-refractivity contribution is -0.142. The number of methoxy groups -OCH3 is 1. The molecule has 0 aliphatic rings. The Morgan fingerprint density at radius 3 is 1.75 bits per heavy atom. The number of carbonyl (C=O) groups is 2. The van der Waals surface area contributed by atoms with Gasteiger partial charge in [0.25, 0.3) is 0 Å². The van der Waals surface area contributed by atoms with Gasteiger partial charge < -0.3 is 28.6 Å². The molecule has 0 bridgehead atoms. The lowest BCUT2D eigenvalue weighted by Gasteiger charge is -2.16. The number of amides is 1. The Morgan fingerprint density at radius 2 is 1.29 bits per heavy atom. The van der Waals surface area contributed by atoms with Gasteiger partial charge in [0.05, 0.1) is 66.4 Å². The van der Waals surface area contributed by atoms with Crippen molar-refractivity contribution in [2.45, 2.75) is 12.7 Å². The van der Waals surface area contributed by atoms with Gasteiger partial charge in [-0.1, -0.05) is 0 Å². The molecule has 0 spiro atoms. The van der Waals surface area contributed by atoms with Gasteiger partial charge in [-0.3, -0.25) is 9.59 Å². The minimum atomic E-state index is -0.282.